The maximum Gasteiger partial charge on any atom is 0.338 e. The van der Waals surface area contributed by atoms with E-state index in [9.17, 15) is 27.9 Å². The molecule has 0 saturated heterocycles. The SMILES string of the molecule is C[C@]12Cc3cnn(-c4ccc(F)cc4)c3C=C1CC[C@@H]1[C@@H]2[C@@H](O)C[C@@]2(C)[C@H]1CC[C@]2(OC(=O)CF)C(=O)SCF. The summed E-state index contributed by atoms with van der Waals surface area (Å²) in [6, 6.07) is 5.24. The summed E-state index contributed by atoms with van der Waals surface area (Å²) in [7, 11) is 0. The summed E-state index contributed by atoms with van der Waals surface area (Å²) in [6.45, 7) is 2.67. The second-order valence-corrected chi connectivity index (χ2v) is 13.1. The number of carbonyl (C=O) groups is 2. The van der Waals surface area contributed by atoms with Crippen LogP contribution in [0, 0.1) is 34.4 Å². The van der Waals surface area contributed by atoms with E-state index in [1.807, 2.05) is 17.8 Å². The molecule has 6 nitrogen and oxygen atoms in total. The molecule has 2 aromatic rings. The van der Waals surface area contributed by atoms with Gasteiger partial charge in [0.2, 0.25) is 5.12 Å². The fourth-order valence-corrected chi connectivity index (χ4v) is 9.60. The van der Waals surface area contributed by atoms with Crippen molar-refractivity contribution in [1.82, 2.24) is 9.78 Å². The molecule has 1 aromatic heterocycles. The van der Waals surface area contributed by atoms with Gasteiger partial charge in [-0.1, -0.05) is 19.4 Å². The van der Waals surface area contributed by atoms with Gasteiger partial charge in [-0.15, -0.1) is 0 Å². The minimum atomic E-state index is -1.67. The number of thioether (sulfide) groups is 1. The molecule has 7 atom stereocenters. The highest BCUT2D eigenvalue weighted by Gasteiger charge is 2.70. The van der Waals surface area contributed by atoms with Crippen LogP contribution in [0.1, 0.15) is 57.2 Å². The highest BCUT2D eigenvalue weighted by Crippen LogP contribution is 2.68. The van der Waals surface area contributed by atoms with Gasteiger partial charge in [0.05, 0.1) is 23.7 Å². The largest absolute Gasteiger partial charge is 0.448 e. The quantitative estimate of drug-likeness (QED) is 0.468. The van der Waals surface area contributed by atoms with Gasteiger partial charge in [0.1, 0.15) is 11.8 Å². The maximum atomic E-state index is 13.5. The van der Waals surface area contributed by atoms with Crippen LogP contribution in [0.4, 0.5) is 13.2 Å². The molecular weight excluding hydrogens is 541 g/mol. The van der Waals surface area contributed by atoms with Crippen molar-refractivity contribution in [2.45, 2.75) is 64.1 Å². The number of rotatable bonds is 5. The fraction of sp³-hybridized carbons (Fsp3) is 0.567. The molecule has 3 saturated carbocycles. The molecule has 0 amide bonds. The monoisotopic (exact) mass is 574 g/mol. The maximum absolute atomic E-state index is 13.5. The van der Waals surface area contributed by atoms with E-state index in [1.54, 1.807) is 12.1 Å². The molecule has 0 radical (unpaired) electrons. The lowest BCUT2D eigenvalue weighted by molar-refractivity contribution is -0.197. The average molecular weight is 575 g/mol. The summed E-state index contributed by atoms with van der Waals surface area (Å²) in [5.74, 6) is -1.57. The molecule has 6 rings (SSSR count). The fourth-order valence-electron chi connectivity index (χ4n) is 8.89. The van der Waals surface area contributed by atoms with Gasteiger partial charge < -0.3 is 9.84 Å². The van der Waals surface area contributed by atoms with E-state index in [0.29, 0.717) is 24.6 Å². The van der Waals surface area contributed by atoms with Crippen LogP contribution in [0.15, 0.2) is 36.0 Å². The van der Waals surface area contributed by atoms with Gasteiger partial charge >= 0.3 is 5.97 Å². The number of hydrogen-bond acceptors (Lipinski definition) is 6. The number of hydrogen-bond donors (Lipinski definition) is 1. The molecule has 10 heteroatoms. The van der Waals surface area contributed by atoms with E-state index in [0.717, 1.165) is 29.8 Å². The zero-order valence-corrected chi connectivity index (χ0v) is 23.4. The van der Waals surface area contributed by atoms with Gasteiger partial charge in [0, 0.05) is 5.41 Å². The predicted molar refractivity (Wildman–Crippen MR) is 144 cm³/mol. The van der Waals surface area contributed by atoms with Gasteiger partial charge in [-0.3, -0.25) is 4.79 Å². The number of ether oxygens (including phenoxy) is 1. The van der Waals surface area contributed by atoms with Crippen molar-refractivity contribution in [3.8, 4) is 5.69 Å². The van der Waals surface area contributed by atoms with Crippen molar-refractivity contribution in [2.75, 3.05) is 12.7 Å². The molecule has 40 heavy (non-hydrogen) atoms. The molecule has 0 aliphatic heterocycles. The zero-order chi connectivity index (χ0) is 28.4. The lowest BCUT2D eigenvalue weighted by Crippen LogP contribution is -2.62. The number of aliphatic hydroxyl groups is 1. The van der Waals surface area contributed by atoms with E-state index in [-0.39, 0.29) is 41.8 Å². The third-order valence-electron chi connectivity index (χ3n) is 10.5. The second kappa shape index (κ2) is 9.76. The van der Waals surface area contributed by atoms with Gasteiger partial charge in [-0.25, -0.2) is 22.6 Å². The molecule has 1 N–H and O–H groups in total. The molecule has 0 unspecified atom stereocenters. The van der Waals surface area contributed by atoms with Crippen molar-refractivity contribution >= 4 is 28.9 Å². The number of carbonyl (C=O) groups excluding carboxylic acids is 2. The third-order valence-corrected chi connectivity index (χ3v) is 11.2. The number of fused-ring (bicyclic) bond motifs is 6. The minimum Gasteiger partial charge on any atom is -0.448 e. The lowest BCUT2D eigenvalue weighted by Gasteiger charge is -2.60. The van der Waals surface area contributed by atoms with Crippen LogP contribution in [0.5, 0.6) is 0 Å². The summed E-state index contributed by atoms with van der Waals surface area (Å²) < 4.78 is 47.5. The first-order valence-electron chi connectivity index (χ1n) is 13.8. The molecule has 4 aliphatic rings. The highest BCUT2D eigenvalue weighted by atomic mass is 32.2. The minimum absolute atomic E-state index is 0.0405. The van der Waals surface area contributed by atoms with Crippen molar-refractivity contribution in [2.24, 2.45) is 28.6 Å². The van der Waals surface area contributed by atoms with Crippen LogP contribution in [-0.4, -0.2) is 50.4 Å². The van der Waals surface area contributed by atoms with Crippen molar-refractivity contribution < 1.29 is 32.6 Å². The first kappa shape index (κ1) is 27.6. The molecule has 0 bridgehead atoms. The van der Waals surface area contributed by atoms with Crippen LogP contribution in [-0.2, 0) is 20.7 Å². The number of allylic oxidation sites excluding steroid dienone is 1. The van der Waals surface area contributed by atoms with Crippen molar-refractivity contribution in [1.29, 1.82) is 0 Å². The van der Waals surface area contributed by atoms with Gasteiger partial charge in [0.25, 0.3) is 0 Å². The first-order valence-corrected chi connectivity index (χ1v) is 14.8. The van der Waals surface area contributed by atoms with Crippen LogP contribution in [0.25, 0.3) is 11.8 Å². The molecule has 1 heterocycles. The van der Waals surface area contributed by atoms with E-state index < -0.39 is 40.9 Å². The summed E-state index contributed by atoms with van der Waals surface area (Å²) in [5, 5.41) is 15.8. The molecule has 0 spiro atoms. The Hall–Kier alpha value is -2.59. The number of nitrogens with zero attached hydrogens (tertiary/aromatic N) is 2. The normalized spacial score (nSPS) is 36.1. The van der Waals surface area contributed by atoms with Crippen LogP contribution in [0.2, 0.25) is 0 Å². The lowest BCUT2D eigenvalue weighted by atomic mass is 9.45. The van der Waals surface area contributed by atoms with Crippen molar-refractivity contribution in [3.63, 3.8) is 0 Å². The first-order chi connectivity index (χ1) is 19.1. The Balaban J connectivity index is 1.35. The molecule has 1 aromatic carbocycles. The Labute approximate surface area is 235 Å². The van der Waals surface area contributed by atoms with Gasteiger partial charge in [0.15, 0.2) is 12.3 Å². The van der Waals surface area contributed by atoms with Gasteiger partial charge in [-0.2, -0.15) is 5.10 Å². The van der Waals surface area contributed by atoms with Crippen LogP contribution in [0.3, 0.4) is 0 Å². The van der Waals surface area contributed by atoms with Crippen molar-refractivity contribution in [3.05, 3.63) is 53.1 Å². The smallest absolute Gasteiger partial charge is 0.338 e. The predicted octanol–water partition coefficient (Wildman–Crippen LogP) is 5.60. The Morgan fingerprint density at radius 2 is 1.95 bits per heavy atom. The Bertz CT molecular complexity index is 1380. The zero-order valence-electron chi connectivity index (χ0n) is 22.5. The Morgan fingerprint density at radius 3 is 2.65 bits per heavy atom. The standard InChI is InChI=1S/C30H33F3N2O4S/c1-28-12-17-15-34-35(20-6-4-19(33)5-7-20)23(17)11-18(28)3-8-21-22-9-10-30(27(38)40-16-32,39-25(37)14-31)29(22,2)13-24(36)26(21)28/h4-7,11,15,21-22,24,26,36H,3,8-10,12-14,16H2,1-2H3/t21-,22-,24-,26+,28-,29-,30-/m0/s1. The van der Waals surface area contributed by atoms with Gasteiger partial charge in [-0.05, 0) is 109 Å². The number of benzene rings is 1. The van der Waals surface area contributed by atoms with Crippen LogP contribution >= 0.6 is 11.8 Å². The number of halogens is 3. The molecule has 4 aliphatic carbocycles. The molecule has 214 valence electrons. The van der Waals surface area contributed by atoms with E-state index in [2.05, 4.69) is 18.1 Å². The summed E-state index contributed by atoms with van der Waals surface area (Å²) in [6.07, 6.45) is 6.40. The highest BCUT2D eigenvalue weighted by molar-refractivity contribution is 8.13. The van der Waals surface area contributed by atoms with E-state index in [4.69, 9.17) is 4.74 Å². The number of aliphatic hydroxyl groups excluding tert-OH is 1. The molecule has 3 fully saturated rings. The number of aromatic nitrogens is 2. The number of esters is 1. The summed E-state index contributed by atoms with van der Waals surface area (Å²) in [5.41, 5.74) is 1.03. The third kappa shape index (κ3) is 3.85. The Morgan fingerprint density at radius 1 is 1.20 bits per heavy atom. The molecular formula is C30H33F3N2O4S. The topological polar surface area (TPSA) is 81.4 Å². The second-order valence-electron chi connectivity index (χ2n) is 12.2. The van der Waals surface area contributed by atoms with E-state index in [1.165, 1.54) is 17.7 Å². The van der Waals surface area contributed by atoms with Crippen LogP contribution < -0.4 is 0 Å². The Kier molecular flexibility index (Phi) is 6.72. The summed E-state index contributed by atoms with van der Waals surface area (Å²) in [4.78, 5) is 25.5. The van der Waals surface area contributed by atoms with E-state index >= 15 is 0 Å². The summed E-state index contributed by atoms with van der Waals surface area (Å²) >= 11 is 0.450. The number of alkyl halides is 2. The average Bonchev–Trinajstić information content (AvgIpc) is 3.45.